The Labute approximate surface area is 149 Å². The number of thioether (sulfide) groups is 1. The molecular formula is C18H18N2O2S2. The SMILES string of the molecule is O=C1Nc2ccccc2SC1CC(=O)N(Cc1ccsc1)C1CC1. The van der Waals surface area contributed by atoms with Crippen LogP contribution in [-0.2, 0) is 16.1 Å². The molecule has 6 heteroatoms. The molecule has 24 heavy (non-hydrogen) atoms. The zero-order chi connectivity index (χ0) is 16.5. The number of para-hydroxylation sites is 1. The molecule has 0 bridgehead atoms. The largest absolute Gasteiger partial charge is 0.335 e. The van der Waals surface area contributed by atoms with E-state index in [1.165, 1.54) is 17.3 Å². The highest BCUT2D eigenvalue weighted by Crippen LogP contribution is 2.37. The fourth-order valence-electron chi connectivity index (χ4n) is 2.89. The molecule has 0 spiro atoms. The summed E-state index contributed by atoms with van der Waals surface area (Å²) >= 11 is 3.14. The summed E-state index contributed by atoms with van der Waals surface area (Å²) in [4.78, 5) is 28.1. The summed E-state index contributed by atoms with van der Waals surface area (Å²) in [5.74, 6) is 0.00839. The maximum absolute atomic E-state index is 12.8. The van der Waals surface area contributed by atoms with Gasteiger partial charge in [0.05, 0.1) is 10.9 Å². The Kier molecular flexibility index (Phi) is 4.33. The maximum atomic E-state index is 12.8. The molecule has 2 aliphatic rings. The fraction of sp³-hybridized carbons (Fsp3) is 0.333. The third-order valence-corrected chi connectivity index (χ3v) is 6.31. The van der Waals surface area contributed by atoms with Crippen LogP contribution in [0.15, 0.2) is 46.0 Å². The number of hydrogen-bond acceptors (Lipinski definition) is 4. The van der Waals surface area contributed by atoms with E-state index >= 15 is 0 Å². The first-order valence-corrected chi connectivity index (χ1v) is 9.90. The standard InChI is InChI=1S/C18H18N2O2S2/c21-17(20(13-5-6-13)10-12-7-8-23-11-12)9-16-18(22)19-14-3-1-2-4-15(14)24-16/h1-4,7-8,11,13,16H,5-6,9-10H2,(H,19,22). The maximum Gasteiger partial charge on any atom is 0.238 e. The molecule has 124 valence electrons. The highest BCUT2D eigenvalue weighted by molar-refractivity contribution is 8.01. The average molecular weight is 358 g/mol. The summed E-state index contributed by atoms with van der Waals surface area (Å²) in [5.41, 5.74) is 2.01. The molecule has 2 heterocycles. The third-order valence-electron chi connectivity index (χ3n) is 4.31. The highest BCUT2D eigenvalue weighted by atomic mass is 32.2. The zero-order valence-electron chi connectivity index (χ0n) is 13.1. The Balaban J connectivity index is 1.45. The van der Waals surface area contributed by atoms with E-state index in [4.69, 9.17) is 0 Å². The van der Waals surface area contributed by atoms with Gasteiger partial charge in [0.25, 0.3) is 0 Å². The fourth-order valence-corrected chi connectivity index (χ4v) is 4.65. The minimum atomic E-state index is -0.351. The number of anilines is 1. The number of nitrogens with zero attached hydrogens (tertiary/aromatic N) is 1. The molecule has 1 aliphatic carbocycles. The molecule has 4 nitrogen and oxygen atoms in total. The Morgan fingerprint density at radius 3 is 2.83 bits per heavy atom. The van der Waals surface area contributed by atoms with Crippen molar-refractivity contribution in [3.05, 3.63) is 46.7 Å². The molecule has 1 saturated carbocycles. The van der Waals surface area contributed by atoms with E-state index in [0.29, 0.717) is 12.6 Å². The van der Waals surface area contributed by atoms with Crippen molar-refractivity contribution in [3.63, 3.8) is 0 Å². The Hall–Kier alpha value is -1.79. The Morgan fingerprint density at radius 1 is 1.25 bits per heavy atom. The molecule has 2 aromatic rings. The number of rotatable bonds is 5. The first-order chi connectivity index (χ1) is 11.7. The van der Waals surface area contributed by atoms with Crippen LogP contribution in [0.1, 0.15) is 24.8 Å². The van der Waals surface area contributed by atoms with Gasteiger partial charge < -0.3 is 10.2 Å². The van der Waals surface area contributed by atoms with Gasteiger partial charge in [0, 0.05) is 23.9 Å². The number of hydrogen-bond donors (Lipinski definition) is 1. The first-order valence-electron chi connectivity index (χ1n) is 8.08. The van der Waals surface area contributed by atoms with Crippen molar-refractivity contribution in [1.29, 1.82) is 0 Å². The summed E-state index contributed by atoms with van der Waals surface area (Å²) in [5, 5.41) is 6.68. The highest BCUT2D eigenvalue weighted by Gasteiger charge is 2.36. The normalized spacial score (nSPS) is 19.5. The van der Waals surface area contributed by atoms with Crippen molar-refractivity contribution in [1.82, 2.24) is 4.90 Å². The molecule has 1 N–H and O–H groups in total. The van der Waals surface area contributed by atoms with E-state index in [0.717, 1.165) is 23.4 Å². The van der Waals surface area contributed by atoms with Crippen LogP contribution in [0, 0.1) is 0 Å². The van der Waals surface area contributed by atoms with Crippen molar-refractivity contribution < 1.29 is 9.59 Å². The summed E-state index contributed by atoms with van der Waals surface area (Å²) in [6.07, 6.45) is 2.40. The molecule has 1 aromatic carbocycles. The van der Waals surface area contributed by atoms with Gasteiger partial charge in [-0.3, -0.25) is 9.59 Å². The minimum Gasteiger partial charge on any atom is -0.335 e. The minimum absolute atomic E-state index is 0.0710. The van der Waals surface area contributed by atoms with Crippen LogP contribution in [0.25, 0.3) is 0 Å². The second-order valence-corrected chi connectivity index (χ2v) is 8.21. The lowest BCUT2D eigenvalue weighted by atomic mass is 10.2. The first kappa shape index (κ1) is 15.7. The summed E-state index contributed by atoms with van der Waals surface area (Å²) < 4.78 is 0. The number of benzene rings is 1. The van der Waals surface area contributed by atoms with Crippen LogP contribution in [0.3, 0.4) is 0 Å². The smallest absolute Gasteiger partial charge is 0.238 e. The van der Waals surface area contributed by atoms with E-state index in [1.807, 2.05) is 34.5 Å². The van der Waals surface area contributed by atoms with Gasteiger partial charge in [-0.05, 0) is 47.4 Å². The predicted octanol–water partition coefficient (Wildman–Crippen LogP) is 3.74. The second kappa shape index (κ2) is 6.61. The van der Waals surface area contributed by atoms with E-state index in [1.54, 1.807) is 11.3 Å². The van der Waals surface area contributed by atoms with Gasteiger partial charge in [0.1, 0.15) is 0 Å². The van der Waals surface area contributed by atoms with Gasteiger partial charge in [-0.25, -0.2) is 0 Å². The number of nitrogens with one attached hydrogen (secondary N) is 1. The van der Waals surface area contributed by atoms with Gasteiger partial charge in [0.15, 0.2) is 0 Å². The van der Waals surface area contributed by atoms with Gasteiger partial charge in [0.2, 0.25) is 11.8 Å². The number of thiophene rings is 1. The van der Waals surface area contributed by atoms with E-state index < -0.39 is 0 Å². The van der Waals surface area contributed by atoms with Gasteiger partial charge in [-0.1, -0.05) is 12.1 Å². The monoisotopic (exact) mass is 358 g/mol. The molecule has 1 fully saturated rings. The van der Waals surface area contributed by atoms with Crippen molar-refractivity contribution in [3.8, 4) is 0 Å². The van der Waals surface area contributed by atoms with E-state index in [9.17, 15) is 9.59 Å². The second-order valence-electron chi connectivity index (χ2n) is 6.18. The topological polar surface area (TPSA) is 49.4 Å². The molecular weight excluding hydrogens is 340 g/mol. The third kappa shape index (κ3) is 3.35. The predicted molar refractivity (Wildman–Crippen MR) is 97.2 cm³/mol. The molecule has 1 aliphatic heterocycles. The lowest BCUT2D eigenvalue weighted by Crippen LogP contribution is -2.38. The Morgan fingerprint density at radius 2 is 2.08 bits per heavy atom. The lowest BCUT2D eigenvalue weighted by Gasteiger charge is -2.27. The molecule has 0 radical (unpaired) electrons. The van der Waals surface area contributed by atoms with Crippen molar-refractivity contribution in [2.75, 3.05) is 5.32 Å². The molecule has 1 atom stereocenters. The van der Waals surface area contributed by atoms with Crippen LogP contribution in [0.5, 0.6) is 0 Å². The quantitative estimate of drug-likeness (QED) is 0.886. The van der Waals surface area contributed by atoms with Crippen LogP contribution < -0.4 is 5.32 Å². The number of carbonyl (C=O) groups is 2. The summed E-state index contributed by atoms with van der Waals surface area (Å²) in [6, 6.07) is 10.1. The van der Waals surface area contributed by atoms with Crippen molar-refractivity contribution in [2.24, 2.45) is 0 Å². The molecule has 4 rings (SSSR count). The van der Waals surface area contributed by atoms with Gasteiger partial charge >= 0.3 is 0 Å². The van der Waals surface area contributed by atoms with E-state index in [2.05, 4.69) is 16.8 Å². The Bertz CT molecular complexity index is 756. The van der Waals surface area contributed by atoms with E-state index in [-0.39, 0.29) is 23.5 Å². The molecule has 2 amide bonds. The van der Waals surface area contributed by atoms with Crippen LogP contribution in [0.4, 0.5) is 5.69 Å². The molecule has 0 saturated heterocycles. The molecule has 1 aromatic heterocycles. The summed E-state index contributed by atoms with van der Waals surface area (Å²) in [6.45, 7) is 0.655. The van der Waals surface area contributed by atoms with Crippen LogP contribution in [0.2, 0.25) is 0 Å². The number of carbonyl (C=O) groups excluding carboxylic acids is 2. The number of amides is 2. The molecule has 1 unspecified atom stereocenters. The van der Waals surface area contributed by atoms with Crippen LogP contribution in [-0.4, -0.2) is 28.0 Å². The lowest BCUT2D eigenvalue weighted by molar-refractivity contribution is -0.133. The van der Waals surface area contributed by atoms with Crippen LogP contribution >= 0.6 is 23.1 Å². The van der Waals surface area contributed by atoms with Gasteiger partial charge in [-0.15, -0.1) is 11.8 Å². The van der Waals surface area contributed by atoms with Gasteiger partial charge in [-0.2, -0.15) is 11.3 Å². The average Bonchev–Trinajstić information content (AvgIpc) is 3.29. The summed E-state index contributed by atoms with van der Waals surface area (Å²) in [7, 11) is 0. The van der Waals surface area contributed by atoms with Crippen molar-refractivity contribution in [2.45, 2.75) is 42.0 Å². The zero-order valence-corrected chi connectivity index (χ0v) is 14.7. The van der Waals surface area contributed by atoms with Crippen molar-refractivity contribution >= 4 is 40.6 Å². The number of fused-ring (bicyclic) bond motifs is 1.